The standard InChI is InChI=1S/C13H9Cl2N3O2S/c14-11-4-2-9(17)5-13(11)21(19,20)18-10-3-1-8(7-16)12(15)6-10/h1-6,18H,17H2. The molecular formula is C13H9Cl2N3O2S. The van der Waals surface area contributed by atoms with Gasteiger partial charge in [0.2, 0.25) is 0 Å². The number of nitrogens with two attached hydrogens (primary N) is 1. The molecule has 0 spiro atoms. The van der Waals surface area contributed by atoms with Crippen LogP contribution in [0.15, 0.2) is 41.3 Å². The smallest absolute Gasteiger partial charge is 0.263 e. The Balaban J connectivity index is 2.40. The van der Waals surface area contributed by atoms with Crippen LogP contribution in [0.4, 0.5) is 11.4 Å². The second-order valence-corrected chi connectivity index (χ2v) is 6.57. The summed E-state index contributed by atoms with van der Waals surface area (Å²) < 4.78 is 26.9. The molecule has 0 aliphatic carbocycles. The number of nitrogens with zero attached hydrogens (tertiary/aromatic N) is 1. The zero-order chi connectivity index (χ0) is 15.6. The number of benzene rings is 2. The van der Waals surface area contributed by atoms with E-state index >= 15 is 0 Å². The fourth-order valence-electron chi connectivity index (χ4n) is 1.61. The third-order valence-electron chi connectivity index (χ3n) is 2.59. The van der Waals surface area contributed by atoms with Crippen molar-refractivity contribution in [3.63, 3.8) is 0 Å². The topological polar surface area (TPSA) is 96.0 Å². The molecule has 0 bridgehead atoms. The van der Waals surface area contributed by atoms with Gasteiger partial charge in [-0.25, -0.2) is 8.42 Å². The molecule has 0 amide bonds. The monoisotopic (exact) mass is 341 g/mol. The molecule has 2 aromatic carbocycles. The van der Waals surface area contributed by atoms with Crippen molar-refractivity contribution in [2.24, 2.45) is 0 Å². The molecule has 3 N–H and O–H groups in total. The molecule has 2 rings (SSSR count). The highest BCUT2D eigenvalue weighted by Crippen LogP contribution is 2.27. The van der Waals surface area contributed by atoms with Gasteiger partial charge in [-0.1, -0.05) is 23.2 Å². The van der Waals surface area contributed by atoms with Crippen LogP contribution < -0.4 is 10.5 Å². The lowest BCUT2D eigenvalue weighted by atomic mass is 10.2. The van der Waals surface area contributed by atoms with Crippen molar-refractivity contribution in [2.75, 3.05) is 10.5 Å². The summed E-state index contributed by atoms with van der Waals surface area (Å²) in [6.07, 6.45) is 0. The summed E-state index contributed by atoms with van der Waals surface area (Å²) in [5.74, 6) is 0. The van der Waals surface area contributed by atoms with Gasteiger partial charge in [0.25, 0.3) is 10.0 Å². The van der Waals surface area contributed by atoms with E-state index in [1.54, 1.807) is 0 Å². The Hall–Kier alpha value is -1.94. The van der Waals surface area contributed by atoms with Crippen molar-refractivity contribution in [1.82, 2.24) is 0 Å². The Morgan fingerprint density at radius 1 is 1.10 bits per heavy atom. The molecule has 8 heteroatoms. The van der Waals surface area contributed by atoms with Crippen LogP contribution in [-0.4, -0.2) is 8.42 Å². The lowest BCUT2D eigenvalue weighted by Crippen LogP contribution is -2.13. The van der Waals surface area contributed by atoms with E-state index < -0.39 is 10.0 Å². The molecule has 0 saturated heterocycles. The van der Waals surface area contributed by atoms with Crippen LogP contribution >= 0.6 is 23.2 Å². The maximum atomic E-state index is 12.3. The molecule has 0 unspecified atom stereocenters. The maximum Gasteiger partial charge on any atom is 0.263 e. The van der Waals surface area contributed by atoms with Crippen molar-refractivity contribution < 1.29 is 8.42 Å². The van der Waals surface area contributed by atoms with Crippen LogP contribution in [-0.2, 0) is 10.0 Å². The number of hydrogen-bond acceptors (Lipinski definition) is 4. The van der Waals surface area contributed by atoms with Crippen molar-refractivity contribution >= 4 is 44.6 Å². The van der Waals surface area contributed by atoms with Gasteiger partial charge in [0, 0.05) is 5.69 Å². The second kappa shape index (κ2) is 5.82. The van der Waals surface area contributed by atoms with E-state index in [0.717, 1.165) is 0 Å². The summed E-state index contributed by atoms with van der Waals surface area (Å²) in [5.41, 5.74) is 6.32. The van der Waals surface area contributed by atoms with Crippen molar-refractivity contribution in [3.05, 3.63) is 52.0 Å². The van der Waals surface area contributed by atoms with Crippen LogP contribution in [0.1, 0.15) is 5.56 Å². The minimum atomic E-state index is -3.91. The lowest BCUT2D eigenvalue weighted by Gasteiger charge is -2.10. The first-order valence-corrected chi connectivity index (χ1v) is 7.85. The fourth-order valence-corrected chi connectivity index (χ4v) is 3.41. The number of nitriles is 1. The van der Waals surface area contributed by atoms with E-state index in [1.165, 1.54) is 36.4 Å². The van der Waals surface area contributed by atoms with Gasteiger partial charge < -0.3 is 5.73 Å². The molecule has 0 heterocycles. The van der Waals surface area contributed by atoms with E-state index in [4.69, 9.17) is 34.2 Å². The minimum Gasteiger partial charge on any atom is -0.399 e. The quantitative estimate of drug-likeness (QED) is 0.837. The largest absolute Gasteiger partial charge is 0.399 e. The average molecular weight is 342 g/mol. The van der Waals surface area contributed by atoms with Crippen molar-refractivity contribution in [2.45, 2.75) is 4.90 Å². The number of nitrogen functional groups attached to an aromatic ring is 1. The molecule has 2 aromatic rings. The molecule has 0 aliphatic rings. The number of anilines is 2. The van der Waals surface area contributed by atoms with Crippen molar-refractivity contribution in [1.29, 1.82) is 5.26 Å². The SMILES string of the molecule is N#Cc1ccc(NS(=O)(=O)c2cc(N)ccc2Cl)cc1Cl. The second-order valence-electron chi connectivity index (χ2n) is 4.10. The molecule has 5 nitrogen and oxygen atoms in total. The Morgan fingerprint density at radius 2 is 1.81 bits per heavy atom. The summed E-state index contributed by atoms with van der Waals surface area (Å²) in [6.45, 7) is 0. The van der Waals surface area contributed by atoms with Crippen LogP contribution in [0.25, 0.3) is 0 Å². The first kappa shape index (κ1) is 15.4. The highest BCUT2D eigenvalue weighted by Gasteiger charge is 2.18. The summed E-state index contributed by atoms with van der Waals surface area (Å²) in [4.78, 5) is -0.135. The number of nitrogens with one attached hydrogen (secondary N) is 1. The molecule has 0 radical (unpaired) electrons. The van der Waals surface area contributed by atoms with Gasteiger partial charge in [-0.05, 0) is 36.4 Å². The summed E-state index contributed by atoms with van der Waals surface area (Å²) in [7, 11) is -3.91. The van der Waals surface area contributed by atoms with Gasteiger partial charge in [-0.3, -0.25) is 4.72 Å². The molecule has 0 aromatic heterocycles. The van der Waals surface area contributed by atoms with Gasteiger partial charge in [-0.2, -0.15) is 5.26 Å². The molecular weight excluding hydrogens is 333 g/mol. The summed E-state index contributed by atoms with van der Waals surface area (Å²) in [6, 6.07) is 10.2. The van der Waals surface area contributed by atoms with Crippen LogP contribution in [0.5, 0.6) is 0 Å². The highest BCUT2D eigenvalue weighted by molar-refractivity contribution is 7.92. The summed E-state index contributed by atoms with van der Waals surface area (Å²) >= 11 is 11.7. The predicted octanol–water partition coefficient (Wildman–Crippen LogP) is 3.25. The van der Waals surface area contributed by atoms with Gasteiger partial charge in [-0.15, -0.1) is 0 Å². The van der Waals surface area contributed by atoms with Gasteiger partial charge >= 0.3 is 0 Å². The van der Waals surface area contributed by atoms with Gasteiger partial charge in [0.15, 0.2) is 0 Å². The fraction of sp³-hybridized carbons (Fsp3) is 0. The molecule has 108 valence electrons. The van der Waals surface area contributed by atoms with Crippen LogP contribution in [0, 0.1) is 11.3 Å². The predicted molar refractivity (Wildman–Crippen MR) is 82.8 cm³/mol. The van der Waals surface area contributed by atoms with E-state index in [9.17, 15) is 8.42 Å². The lowest BCUT2D eigenvalue weighted by molar-refractivity contribution is 0.601. The number of halogens is 2. The zero-order valence-corrected chi connectivity index (χ0v) is 12.8. The van der Waals surface area contributed by atoms with E-state index in [-0.39, 0.29) is 31.9 Å². The number of hydrogen-bond donors (Lipinski definition) is 2. The van der Waals surface area contributed by atoms with Gasteiger partial charge in [0.1, 0.15) is 11.0 Å². The molecule has 21 heavy (non-hydrogen) atoms. The number of sulfonamides is 1. The highest BCUT2D eigenvalue weighted by atomic mass is 35.5. The Bertz CT molecular complexity index is 845. The first-order chi connectivity index (χ1) is 9.83. The summed E-state index contributed by atoms with van der Waals surface area (Å²) in [5, 5.41) is 8.98. The maximum absolute atomic E-state index is 12.3. The Labute approximate surface area is 132 Å². The molecule has 0 atom stereocenters. The Morgan fingerprint density at radius 3 is 2.43 bits per heavy atom. The van der Waals surface area contributed by atoms with E-state index in [0.29, 0.717) is 0 Å². The average Bonchev–Trinajstić information content (AvgIpc) is 2.41. The normalized spacial score (nSPS) is 10.9. The van der Waals surface area contributed by atoms with Gasteiger partial charge in [0.05, 0.1) is 21.3 Å². The minimum absolute atomic E-state index is 0.0523. The van der Waals surface area contributed by atoms with E-state index in [2.05, 4.69) is 4.72 Å². The molecule has 0 fully saturated rings. The van der Waals surface area contributed by atoms with Crippen LogP contribution in [0.3, 0.4) is 0 Å². The van der Waals surface area contributed by atoms with Crippen molar-refractivity contribution in [3.8, 4) is 6.07 Å². The Kier molecular flexibility index (Phi) is 4.28. The van der Waals surface area contributed by atoms with Crippen LogP contribution in [0.2, 0.25) is 10.0 Å². The third kappa shape index (κ3) is 3.39. The zero-order valence-electron chi connectivity index (χ0n) is 10.5. The molecule has 0 aliphatic heterocycles. The van der Waals surface area contributed by atoms with E-state index in [1.807, 2.05) is 6.07 Å². The third-order valence-corrected chi connectivity index (χ3v) is 4.76. The number of rotatable bonds is 3. The first-order valence-electron chi connectivity index (χ1n) is 5.61. The molecule has 0 saturated carbocycles.